The second kappa shape index (κ2) is 6.27. The minimum absolute atomic E-state index is 0.0390. The lowest BCUT2D eigenvalue weighted by atomic mass is 10.1. The maximum atomic E-state index is 13.1. The van der Waals surface area contributed by atoms with Gasteiger partial charge in [-0.05, 0) is 42.3 Å². The lowest BCUT2D eigenvalue weighted by Crippen LogP contribution is -2.39. The second-order valence-corrected chi connectivity index (χ2v) is 6.52. The normalized spacial score (nSPS) is 22.4. The van der Waals surface area contributed by atoms with Crippen LogP contribution in [0, 0.1) is 5.82 Å². The van der Waals surface area contributed by atoms with E-state index in [1.807, 2.05) is 17.0 Å². The van der Waals surface area contributed by atoms with Gasteiger partial charge in [0, 0.05) is 37.5 Å². The summed E-state index contributed by atoms with van der Waals surface area (Å²) in [5.41, 5.74) is 1.44. The third kappa shape index (κ3) is 2.88. The number of nitrogens with zero attached hydrogens (tertiary/aromatic N) is 3. The van der Waals surface area contributed by atoms with Crippen LogP contribution in [0.3, 0.4) is 0 Å². The average Bonchev–Trinajstić information content (AvgIpc) is 3.16. The predicted molar refractivity (Wildman–Crippen MR) is 89.0 cm³/mol. The zero-order chi connectivity index (χ0) is 17.4. The van der Waals surface area contributed by atoms with Crippen LogP contribution in [0.1, 0.15) is 28.8 Å². The van der Waals surface area contributed by atoms with Crippen molar-refractivity contribution >= 4 is 11.8 Å². The Kier molecular flexibility index (Phi) is 3.95. The Morgan fingerprint density at radius 1 is 1.20 bits per heavy atom. The second-order valence-electron chi connectivity index (χ2n) is 6.52. The summed E-state index contributed by atoms with van der Waals surface area (Å²) in [4.78, 5) is 32.9. The van der Waals surface area contributed by atoms with Gasteiger partial charge in [0.2, 0.25) is 5.91 Å². The Labute approximate surface area is 145 Å². The van der Waals surface area contributed by atoms with Gasteiger partial charge in [-0.1, -0.05) is 6.07 Å². The molecule has 0 unspecified atom stereocenters. The minimum Gasteiger partial charge on any atom is -0.333 e. The maximum Gasteiger partial charge on any atom is 0.254 e. The topological polar surface area (TPSA) is 53.5 Å². The van der Waals surface area contributed by atoms with E-state index in [0.29, 0.717) is 25.1 Å². The van der Waals surface area contributed by atoms with Crippen molar-refractivity contribution in [2.75, 3.05) is 6.54 Å². The SMILES string of the molecule is O=C(c1ccc(F)cc1)N1CC[C@H]2[C@H]1CC(=O)N2Cc1cccnc1. The first kappa shape index (κ1) is 15.7. The Balaban J connectivity index is 1.51. The largest absolute Gasteiger partial charge is 0.333 e. The highest BCUT2D eigenvalue weighted by molar-refractivity contribution is 5.95. The fourth-order valence-electron chi connectivity index (χ4n) is 3.83. The first-order valence-corrected chi connectivity index (χ1v) is 8.38. The van der Waals surface area contributed by atoms with Crippen LogP contribution in [0.2, 0.25) is 0 Å². The molecule has 6 heteroatoms. The highest BCUT2D eigenvalue weighted by Crippen LogP contribution is 2.34. The number of aromatic nitrogens is 1. The highest BCUT2D eigenvalue weighted by atomic mass is 19.1. The van der Waals surface area contributed by atoms with Gasteiger partial charge in [-0.3, -0.25) is 14.6 Å². The quantitative estimate of drug-likeness (QED) is 0.862. The van der Waals surface area contributed by atoms with Gasteiger partial charge in [-0.15, -0.1) is 0 Å². The molecule has 2 aliphatic rings. The van der Waals surface area contributed by atoms with Crippen molar-refractivity contribution in [2.24, 2.45) is 0 Å². The van der Waals surface area contributed by atoms with Crippen molar-refractivity contribution in [3.05, 3.63) is 65.7 Å². The number of hydrogen-bond acceptors (Lipinski definition) is 3. The van der Waals surface area contributed by atoms with Gasteiger partial charge in [0.05, 0.1) is 12.1 Å². The van der Waals surface area contributed by atoms with Gasteiger partial charge in [0.15, 0.2) is 0 Å². The molecule has 2 amide bonds. The van der Waals surface area contributed by atoms with E-state index in [9.17, 15) is 14.0 Å². The van der Waals surface area contributed by atoms with E-state index in [0.717, 1.165) is 12.0 Å². The number of amides is 2. The number of hydrogen-bond donors (Lipinski definition) is 0. The Morgan fingerprint density at radius 2 is 2.00 bits per heavy atom. The summed E-state index contributed by atoms with van der Waals surface area (Å²) in [6, 6.07) is 9.30. The van der Waals surface area contributed by atoms with Crippen LogP contribution < -0.4 is 0 Å². The minimum atomic E-state index is -0.366. The van der Waals surface area contributed by atoms with Gasteiger partial charge in [-0.25, -0.2) is 4.39 Å². The zero-order valence-electron chi connectivity index (χ0n) is 13.6. The van der Waals surface area contributed by atoms with Crippen LogP contribution >= 0.6 is 0 Å². The lowest BCUT2D eigenvalue weighted by molar-refractivity contribution is -0.129. The predicted octanol–water partition coefficient (Wildman–Crippen LogP) is 2.24. The lowest BCUT2D eigenvalue weighted by Gasteiger charge is -2.25. The van der Waals surface area contributed by atoms with Gasteiger partial charge in [-0.2, -0.15) is 0 Å². The fourth-order valence-corrected chi connectivity index (χ4v) is 3.83. The van der Waals surface area contributed by atoms with E-state index >= 15 is 0 Å². The third-order valence-electron chi connectivity index (χ3n) is 5.04. The van der Waals surface area contributed by atoms with E-state index in [1.54, 1.807) is 17.3 Å². The summed E-state index contributed by atoms with van der Waals surface area (Å²) < 4.78 is 13.1. The molecule has 2 aliphatic heterocycles. The maximum absolute atomic E-state index is 13.1. The number of halogens is 1. The number of carbonyl (C=O) groups is 2. The molecule has 0 bridgehead atoms. The van der Waals surface area contributed by atoms with Crippen molar-refractivity contribution in [2.45, 2.75) is 31.5 Å². The molecule has 1 aromatic carbocycles. The van der Waals surface area contributed by atoms with E-state index in [4.69, 9.17) is 0 Å². The van der Waals surface area contributed by atoms with Crippen molar-refractivity contribution in [1.29, 1.82) is 0 Å². The van der Waals surface area contributed by atoms with Crippen LogP contribution in [0.15, 0.2) is 48.8 Å². The number of fused-ring (bicyclic) bond motifs is 1. The molecule has 0 radical (unpaired) electrons. The molecule has 0 N–H and O–H groups in total. The number of benzene rings is 1. The fraction of sp³-hybridized carbons (Fsp3) is 0.316. The monoisotopic (exact) mass is 339 g/mol. The summed E-state index contributed by atoms with van der Waals surface area (Å²) in [5.74, 6) is -0.437. The first-order valence-electron chi connectivity index (χ1n) is 8.38. The van der Waals surface area contributed by atoms with Crippen LogP contribution in [0.25, 0.3) is 0 Å². The molecule has 2 aromatic rings. The molecule has 2 fully saturated rings. The smallest absolute Gasteiger partial charge is 0.254 e. The van der Waals surface area contributed by atoms with E-state index in [1.165, 1.54) is 24.3 Å². The van der Waals surface area contributed by atoms with Gasteiger partial charge in [0.25, 0.3) is 5.91 Å². The molecule has 0 aliphatic carbocycles. The standard InChI is InChI=1S/C19H18FN3O2/c20-15-5-3-14(4-6-15)19(25)22-9-7-16-17(22)10-18(24)23(16)12-13-2-1-8-21-11-13/h1-6,8,11,16-17H,7,9-10,12H2/t16-,17+/m0/s1. The van der Waals surface area contributed by atoms with E-state index < -0.39 is 0 Å². The van der Waals surface area contributed by atoms with Crippen LogP contribution in [0.5, 0.6) is 0 Å². The molecule has 128 valence electrons. The summed E-state index contributed by atoms with van der Waals surface area (Å²) in [6.07, 6.45) is 4.58. The summed E-state index contributed by atoms with van der Waals surface area (Å²) in [7, 11) is 0. The number of pyridine rings is 1. The third-order valence-corrected chi connectivity index (χ3v) is 5.04. The van der Waals surface area contributed by atoms with Crippen molar-refractivity contribution in [3.8, 4) is 0 Å². The Hall–Kier alpha value is -2.76. The van der Waals surface area contributed by atoms with Crippen molar-refractivity contribution in [3.63, 3.8) is 0 Å². The first-order chi connectivity index (χ1) is 12.1. The average molecular weight is 339 g/mol. The summed E-state index contributed by atoms with van der Waals surface area (Å²) in [5, 5.41) is 0. The van der Waals surface area contributed by atoms with Gasteiger partial charge >= 0.3 is 0 Å². The van der Waals surface area contributed by atoms with Crippen LogP contribution in [-0.4, -0.2) is 45.2 Å². The molecule has 25 heavy (non-hydrogen) atoms. The van der Waals surface area contributed by atoms with Crippen molar-refractivity contribution in [1.82, 2.24) is 14.8 Å². The van der Waals surface area contributed by atoms with Crippen molar-refractivity contribution < 1.29 is 14.0 Å². The van der Waals surface area contributed by atoms with Crippen LogP contribution in [-0.2, 0) is 11.3 Å². The summed E-state index contributed by atoms with van der Waals surface area (Å²) in [6.45, 7) is 1.13. The molecule has 0 saturated carbocycles. The Morgan fingerprint density at radius 3 is 2.72 bits per heavy atom. The molecule has 3 heterocycles. The number of rotatable bonds is 3. The van der Waals surface area contributed by atoms with Gasteiger partial charge in [0.1, 0.15) is 5.82 Å². The number of carbonyl (C=O) groups excluding carboxylic acids is 2. The molecule has 1 aromatic heterocycles. The molecule has 5 nitrogen and oxygen atoms in total. The molecule has 4 rings (SSSR count). The van der Waals surface area contributed by atoms with Gasteiger partial charge < -0.3 is 9.80 Å². The highest BCUT2D eigenvalue weighted by Gasteiger charge is 2.48. The zero-order valence-corrected chi connectivity index (χ0v) is 13.6. The Bertz CT molecular complexity index is 794. The van der Waals surface area contributed by atoms with E-state index in [2.05, 4.69) is 4.98 Å². The van der Waals surface area contributed by atoms with Crippen LogP contribution in [0.4, 0.5) is 4.39 Å². The molecule has 2 saturated heterocycles. The summed E-state index contributed by atoms with van der Waals surface area (Å²) >= 11 is 0. The molecule has 2 atom stereocenters. The number of likely N-dealkylation sites (tertiary alicyclic amines) is 2. The molecular formula is C19H18FN3O2. The molecule has 0 spiro atoms. The van der Waals surface area contributed by atoms with E-state index in [-0.39, 0.29) is 29.7 Å². The molecular weight excluding hydrogens is 321 g/mol.